The topological polar surface area (TPSA) is 55.8 Å². The lowest BCUT2D eigenvalue weighted by Gasteiger charge is -2.20. The zero-order chi connectivity index (χ0) is 13.5. The van der Waals surface area contributed by atoms with Gasteiger partial charge in [0.15, 0.2) is 0 Å². The molecule has 0 aliphatic heterocycles. The highest BCUT2D eigenvalue weighted by Gasteiger charge is 2.54. The fourth-order valence-corrected chi connectivity index (χ4v) is 3.02. The third kappa shape index (κ3) is 1.77. The minimum absolute atomic E-state index is 0.606. The molecule has 1 N–H and O–H groups in total. The van der Waals surface area contributed by atoms with Crippen LogP contribution in [-0.2, 0) is 10.2 Å². The standard InChI is InChI=1S/C13H15BrO4/c1-7-10(17-2)8(6-9(14)11(7)18-3)13(4-5-13)12(15)16/h6H,4-5H2,1-3H3,(H,15,16). The van der Waals surface area contributed by atoms with Crippen LogP contribution in [0, 0.1) is 6.92 Å². The van der Waals surface area contributed by atoms with Gasteiger partial charge in [-0.15, -0.1) is 0 Å². The second kappa shape index (κ2) is 4.46. The van der Waals surface area contributed by atoms with E-state index in [1.165, 1.54) is 0 Å². The Morgan fingerprint density at radius 3 is 2.28 bits per heavy atom. The van der Waals surface area contributed by atoms with Crippen LogP contribution in [0.4, 0.5) is 0 Å². The summed E-state index contributed by atoms with van der Waals surface area (Å²) in [6.07, 6.45) is 1.30. The van der Waals surface area contributed by atoms with Crippen molar-refractivity contribution in [1.29, 1.82) is 0 Å². The Balaban J connectivity index is 2.66. The van der Waals surface area contributed by atoms with Crippen LogP contribution in [0.1, 0.15) is 24.0 Å². The molecule has 1 fully saturated rings. The fourth-order valence-electron chi connectivity index (χ4n) is 2.33. The molecule has 0 bridgehead atoms. The largest absolute Gasteiger partial charge is 0.496 e. The zero-order valence-corrected chi connectivity index (χ0v) is 12.1. The van der Waals surface area contributed by atoms with Crippen molar-refractivity contribution < 1.29 is 19.4 Å². The molecule has 1 aromatic carbocycles. The molecule has 1 aromatic rings. The first-order chi connectivity index (χ1) is 8.47. The minimum Gasteiger partial charge on any atom is -0.496 e. The average Bonchev–Trinajstić information content (AvgIpc) is 3.10. The molecule has 0 amide bonds. The summed E-state index contributed by atoms with van der Waals surface area (Å²) in [5.74, 6) is 0.490. The first kappa shape index (κ1) is 13.2. The Morgan fingerprint density at radius 1 is 1.33 bits per heavy atom. The molecular formula is C13H15BrO4. The van der Waals surface area contributed by atoms with Crippen LogP contribution in [-0.4, -0.2) is 25.3 Å². The Hall–Kier alpha value is -1.23. The maximum Gasteiger partial charge on any atom is 0.314 e. The van der Waals surface area contributed by atoms with E-state index >= 15 is 0 Å². The van der Waals surface area contributed by atoms with Crippen molar-refractivity contribution in [3.05, 3.63) is 21.7 Å². The fraction of sp³-hybridized carbons (Fsp3) is 0.462. The molecule has 0 unspecified atom stereocenters. The van der Waals surface area contributed by atoms with Gasteiger partial charge in [0.1, 0.15) is 11.5 Å². The Bertz CT molecular complexity index is 506. The van der Waals surface area contributed by atoms with Gasteiger partial charge < -0.3 is 14.6 Å². The Morgan fingerprint density at radius 2 is 1.89 bits per heavy atom. The summed E-state index contributed by atoms with van der Waals surface area (Å²) in [5.41, 5.74) is 0.754. The summed E-state index contributed by atoms with van der Waals surface area (Å²) >= 11 is 3.42. The molecule has 2 rings (SSSR count). The van der Waals surface area contributed by atoms with Gasteiger partial charge in [0.2, 0.25) is 0 Å². The van der Waals surface area contributed by atoms with E-state index in [2.05, 4.69) is 15.9 Å². The van der Waals surface area contributed by atoms with Gasteiger partial charge in [-0.1, -0.05) is 0 Å². The van der Waals surface area contributed by atoms with E-state index in [-0.39, 0.29) is 0 Å². The Labute approximate surface area is 114 Å². The second-order valence-electron chi connectivity index (χ2n) is 4.48. The monoisotopic (exact) mass is 314 g/mol. The van der Waals surface area contributed by atoms with Crippen LogP contribution in [0.5, 0.6) is 11.5 Å². The molecule has 0 saturated heterocycles. The molecule has 1 aliphatic carbocycles. The normalized spacial score (nSPS) is 16.2. The highest BCUT2D eigenvalue weighted by Crippen LogP contribution is 2.54. The highest BCUT2D eigenvalue weighted by molar-refractivity contribution is 9.10. The highest BCUT2D eigenvalue weighted by atomic mass is 79.9. The summed E-state index contributed by atoms with van der Waals surface area (Å²) in [6.45, 7) is 1.86. The SMILES string of the molecule is COc1c(Br)cc(C2(C(=O)O)CC2)c(OC)c1C. The van der Waals surface area contributed by atoms with Crippen molar-refractivity contribution >= 4 is 21.9 Å². The van der Waals surface area contributed by atoms with Crippen molar-refractivity contribution in [3.8, 4) is 11.5 Å². The van der Waals surface area contributed by atoms with E-state index in [1.807, 2.05) is 6.92 Å². The van der Waals surface area contributed by atoms with Crippen LogP contribution in [0.2, 0.25) is 0 Å². The number of halogens is 1. The molecular weight excluding hydrogens is 300 g/mol. The first-order valence-corrected chi connectivity index (χ1v) is 6.42. The molecule has 5 heteroatoms. The number of methoxy groups -OCH3 is 2. The van der Waals surface area contributed by atoms with Gasteiger partial charge >= 0.3 is 5.97 Å². The first-order valence-electron chi connectivity index (χ1n) is 5.63. The van der Waals surface area contributed by atoms with Gasteiger partial charge in [0.05, 0.1) is 24.1 Å². The molecule has 4 nitrogen and oxygen atoms in total. The van der Waals surface area contributed by atoms with Crippen LogP contribution < -0.4 is 9.47 Å². The van der Waals surface area contributed by atoms with Crippen molar-refractivity contribution in [2.24, 2.45) is 0 Å². The van der Waals surface area contributed by atoms with Gasteiger partial charge in [-0.25, -0.2) is 0 Å². The van der Waals surface area contributed by atoms with Crippen LogP contribution >= 0.6 is 15.9 Å². The third-order valence-corrected chi connectivity index (χ3v) is 4.09. The lowest BCUT2D eigenvalue weighted by molar-refractivity contribution is -0.140. The molecule has 98 valence electrons. The molecule has 1 aliphatic rings. The smallest absolute Gasteiger partial charge is 0.314 e. The molecule has 0 heterocycles. The summed E-state index contributed by atoms with van der Waals surface area (Å²) in [6, 6.07) is 1.80. The quantitative estimate of drug-likeness (QED) is 0.928. The molecule has 1 saturated carbocycles. The number of carboxylic acid groups (broad SMARTS) is 1. The predicted octanol–water partition coefficient (Wildman–Crippen LogP) is 2.89. The number of carbonyl (C=O) groups is 1. The number of aliphatic carboxylic acids is 1. The van der Waals surface area contributed by atoms with E-state index < -0.39 is 11.4 Å². The summed E-state index contributed by atoms with van der Waals surface area (Å²) in [4.78, 5) is 11.4. The lowest BCUT2D eigenvalue weighted by atomic mass is 9.93. The van der Waals surface area contributed by atoms with Gasteiger partial charge in [-0.2, -0.15) is 0 Å². The number of rotatable bonds is 4. The van der Waals surface area contributed by atoms with E-state index in [4.69, 9.17) is 9.47 Å². The van der Waals surface area contributed by atoms with Gasteiger partial charge in [0.25, 0.3) is 0 Å². The maximum atomic E-state index is 11.4. The number of hydrogen-bond acceptors (Lipinski definition) is 3. The van der Waals surface area contributed by atoms with E-state index in [1.54, 1.807) is 20.3 Å². The molecule has 0 radical (unpaired) electrons. The second-order valence-corrected chi connectivity index (χ2v) is 5.34. The van der Waals surface area contributed by atoms with E-state index in [0.29, 0.717) is 24.3 Å². The number of benzene rings is 1. The zero-order valence-electron chi connectivity index (χ0n) is 10.5. The number of carboxylic acids is 1. The van der Waals surface area contributed by atoms with Gasteiger partial charge in [0, 0.05) is 11.1 Å². The van der Waals surface area contributed by atoms with E-state index in [0.717, 1.165) is 15.6 Å². The minimum atomic E-state index is -0.794. The van der Waals surface area contributed by atoms with Gasteiger partial charge in [-0.3, -0.25) is 4.79 Å². The maximum absolute atomic E-state index is 11.4. The summed E-state index contributed by atoms with van der Waals surface area (Å²) in [7, 11) is 3.13. The molecule has 0 atom stereocenters. The average molecular weight is 315 g/mol. The van der Waals surface area contributed by atoms with Crippen molar-refractivity contribution in [3.63, 3.8) is 0 Å². The third-order valence-electron chi connectivity index (χ3n) is 3.50. The number of ether oxygens (including phenoxy) is 2. The summed E-state index contributed by atoms with van der Waals surface area (Å²) < 4.78 is 11.4. The Kier molecular flexibility index (Phi) is 3.27. The number of hydrogen-bond donors (Lipinski definition) is 1. The van der Waals surface area contributed by atoms with Crippen molar-refractivity contribution in [2.75, 3.05) is 14.2 Å². The van der Waals surface area contributed by atoms with Crippen molar-refractivity contribution in [1.82, 2.24) is 0 Å². The molecule has 0 aromatic heterocycles. The van der Waals surface area contributed by atoms with Crippen LogP contribution in [0.25, 0.3) is 0 Å². The molecule has 0 spiro atoms. The van der Waals surface area contributed by atoms with E-state index in [9.17, 15) is 9.90 Å². The summed E-state index contributed by atoms with van der Waals surface area (Å²) in [5, 5.41) is 9.38. The van der Waals surface area contributed by atoms with Crippen LogP contribution in [0.15, 0.2) is 10.5 Å². The molecule has 18 heavy (non-hydrogen) atoms. The van der Waals surface area contributed by atoms with Crippen LogP contribution in [0.3, 0.4) is 0 Å². The predicted molar refractivity (Wildman–Crippen MR) is 70.5 cm³/mol. The lowest BCUT2D eigenvalue weighted by Crippen LogP contribution is -2.21. The van der Waals surface area contributed by atoms with Gasteiger partial charge in [-0.05, 0) is 41.8 Å². The van der Waals surface area contributed by atoms with Crippen molar-refractivity contribution in [2.45, 2.75) is 25.2 Å².